The zero-order valence-electron chi connectivity index (χ0n) is 12.6. The van der Waals surface area contributed by atoms with E-state index in [4.69, 9.17) is 0 Å². The van der Waals surface area contributed by atoms with Crippen LogP contribution in [0.3, 0.4) is 0 Å². The number of rotatable bonds is 2. The number of H-pyrrole nitrogens is 1. The van der Waals surface area contributed by atoms with Crippen molar-refractivity contribution in [2.75, 3.05) is 18.0 Å². The third kappa shape index (κ3) is 2.67. The third-order valence-electron chi connectivity index (χ3n) is 4.39. The first-order valence-electron chi connectivity index (χ1n) is 7.90. The Labute approximate surface area is 133 Å². The number of anilines is 1. The van der Waals surface area contributed by atoms with Gasteiger partial charge in [-0.1, -0.05) is 0 Å². The van der Waals surface area contributed by atoms with Gasteiger partial charge >= 0.3 is 0 Å². The fraction of sp³-hybridized carbons (Fsp3) is 0.278. The zero-order chi connectivity index (χ0) is 15.8. The van der Waals surface area contributed by atoms with Gasteiger partial charge in [0.2, 0.25) is 0 Å². The fourth-order valence-electron chi connectivity index (χ4n) is 3.18. The number of aromatic amines is 1. The average molecular weight is 313 g/mol. The molecule has 2 aromatic heterocycles. The Kier molecular flexibility index (Phi) is 3.48. The van der Waals surface area contributed by atoms with Crippen LogP contribution in [0.25, 0.3) is 22.3 Å². The molecular weight excluding hydrogens is 296 g/mol. The molecule has 5 heteroatoms. The van der Waals surface area contributed by atoms with E-state index in [2.05, 4.69) is 14.9 Å². The average Bonchev–Trinajstić information content (AvgIpc) is 2.98. The van der Waals surface area contributed by atoms with Crippen LogP contribution in [-0.2, 0) is 0 Å². The van der Waals surface area contributed by atoms with Gasteiger partial charge in [0.05, 0.1) is 17.6 Å². The number of piperidine rings is 1. The van der Waals surface area contributed by atoms with E-state index < -0.39 is 0 Å². The minimum atomic E-state index is -0.361. The minimum Gasteiger partial charge on any atom is -0.370 e. The van der Waals surface area contributed by atoms with Crippen LogP contribution in [0.5, 0.6) is 0 Å². The molecule has 1 aliphatic heterocycles. The maximum Gasteiger partial charge on any atom is 0.153 e. The summed E-state index contributed by atoms with van der Waals surface area (Å²) in [5.41, 5.74) is 2.30. The summed E-state index contributed by atoms with van der Waals surface area (Å²) in [6.45, 7) is 1.90. The molecule has 3 aromatic rings. The predicted octanol–water partition coefficient (Wildman–Crippen LogP) is 4.50. The summed E-state index contributed by atoms with van der Waals surface area (Å²) in [7, 11) is 0. The van der Waals surface area contributed by atoms with Gasteiger partial charge in [-0.3, -0.25) is 0 Å². The highest BCUT2D eigenvalue weighted by Gasteiger charge is 2.15. The molecule has 0 bridgehead atoms. The van der Waals surface area contributed by atoms with Crippen LogP contribution in [0, 0.1) is 11.6 Å². The summed E-state index contributed by atoms with van der Waals surface area (Å²) >= 11 is 0. The van der Waals surface area contributed by atoms with Gasteiger partial charge in [-0.2, -0.15) is 0 Å². The smallest absolute Gasteiger partial charge is 0.153 e. The van der Waals surface area contributed by atoms with E-state index in [-0.39, 0.29) is 17.3 Å². The fourth-order valence-corrected chi connectivity index (χ4v) is 3.18. The van der Waals surface area contributed by atoms with Crippen LogP contribution in [0.2, 0.25) is 0 Å². The molecule has 0 atom stereocenters. The minimum absolute atomic E-state index is 0.266. The lowest BCUT2D eigenvalue weighted by Crippen LogP contribution is -2.29. The first-order valence-corrected chi connectivity index (χ1v) is 7.90. The number of halogens is 2. The van der Waals surface area contributed by atoms with Crippen molar-refractivity contribution in [2.45, 2.75) is 19.3 Å². The molecule has 1 N–H and O–H groups in total. The summed E-state index contributed by atoms with van der Waals surface area (Å²) in [4.78, 5) is 9.51. The van der Waals surface area contributed by atoms with Crippen molar-refractivity contribution in [3.8, 4) is 11.4 Å². The van der Waals surface area contributed by atoms with E-state index in [1.165, 1.54) is 18.6 Å². The maximum absolute atomic E-state index is 14.5. The second-order valence-corrected chi connectivity index (χ2v) is 5.99. The maximum atomic E-state index is 14.5. The molecule has 1 aliphatic rings. The van der Waals surface area contributed by atoms with E-state index >= 15 is 0 Å². The number of pyridine rings is 1. The van der Waals surface area contributed by atoms with Gasteiger partial charge in [0.15, 0.2) is 5.82 Å². The molecule has 1 saturated heterocycles. The van der Waals surface area contributed by atoms with Gasteiger partial charge in [-0.25, -0.2) is 13.8 Å². The van der Waals surface area contributed by atoms with Crippen molar-refractivity contribution >= 4 is 16.6 Å². The molecule has 0 amide bonds. The molecule has 0 radical (unpaired) electrons. The Bertz CT molecular complexity index is 851. The van der Waals surface area contributed by atoms with E-state index in [9.17, 15) is 8.78 Å². The lowest BCUT2D eigenvalue weighted by Gasteiger charge is -2.28. The van der Waals surface area contributed by atoms with Crippen molar-refractivity contribution < 1.29 is 8.78 Å². The largest absolute Gasteiger partial charge is 0.370 e. The normalized spacial score (nSPS) is 15.3. The van der Waals surface area contributed by atoms with Gasteiger partial charge < -0.3 is 9.88 Å². The quantitative estimate of drug-likeness (QED) is 0.755. The van der Waals surface area contributed by atoms with Gasteiger partial charge in [0.25, 0.3) is 0 Å². The van der Waals surface area contributed by atoms with Gasteiger partial charge in [-0.15, -0.1) is 0 Å². The van der Waals surface area contributed by atoms with Crippen LogP contribution in [0.15, 0.2) is 36.5 Å². The number of hydrogen-bond acceptors (Lipinski definition) is 2. The Morgan fingerprint density at radius 3 is 2.61 bits per heavy atom. The Morgan fingerprint density at radius 2 is 1.83 bits per heavy atom. The second-order valence-electron chi connectivity index (χ2n) is 5.99. The summed E-state index contributed by atoms with van der Waals surface area (Å²) < 4.78 is 27.8. The van der Waals surface area contributed by atoms with Gasteiger partial charge in [0, 0.05) is 30.1 Å². The van der Waals surface area contributed by atoms with Crippen LogP contribution in [-0.4, -0.2) is 23.1 Å². The van der Waals surface area contributed by atoms with Crippen LogP contribution in [0.4, 0.5) is 14.5 Å². The van der Waals surface area contributed by atoms with E-state index in [0.717, 1.165) is 37.0 Å². The highest BCUT2D eigenvalue weighted by atomic mass is 19.1. The number of benzene rings is 1. The predicted molar refractivity (Wildman–Crippen MR) is 87.5 cm³/mol. The van der Waals surface area contributed by atoms with E-state index in [1.54, 1.807) is 24.4 Å². The number of hydrogen-bond donors (Lipinski definition) is 1. The molecule has 4 rings (SSSR count). The topological polar surface area (TPSA) is 31.9 Å². The Hall–Kier alpha value is -2.43. The molecular formula is C18H17F2N3. The summed E-state index contributed by atoms with van der Waals surface area (Å²) in [6.07, 6.45) is 5.22. The SMILES string of the molecule is Fc1ccc2cc(-c3ncc(N4CCCCC4)cc3F)[nH]c2c1. The lowest BCUT2D eigenvalue weighted by molar-refractivity contribution is 0.573. The molecule has 3 nitrogen and oxygen atoms in total. The molecule has 1 aromatic carbocycles. The van der Waals surface area contributed by atoms with Crippen molar-refractivity contribution in [3.05, 3.63) is 48.2 Å². The van der Waals surface area contributed by atoms with E-state index in [0.29, 0.717) is 11.2 Å². The van der Waals surface area contributed by atoms with Crippen molar-refractivity contribution in [1.82, 2.24) is 9.97 Å². The molecule has 1 fully saturated rings. The standard InChI is InChI=1S/C18H17F2N3/c19-13-5-4-12-8-17(22-16(12)9-13)18-15(20)10-14(11-21-18)23-6-2-1-3-7-23/h4-5,8-11,22H,1-3,6-7H2. The highest BCUT2D eigenvalue weighted by Crippen LogP contribution is 2.28. The zero-order valence-corrected chi connectivity index (χ0v) is 12.6. The van der Waals surface area contributed by atoms with Crippen LogP contribution in [0.1, 0.15) is 19.3 Å². The van der Waals surface area contributed by atoms with Crippen molar-refractivity contribution in [2.24, 2.45) is 0 Å². The third-order valence-corrected chi connectivity index (χ3v) is 4.39. The number of nitrogens with one attached hydrogen (secondary N) is 1. The van der Waals surface area contributed by atoms with Gasteiger partial charge in [-0.05, 0) is 43.5 Å². The Morgan fingerprint density at radius 1 is 1.00 bits per heavy atom. The van der Waals surface area contributed by atoms with Crippen LogP contribution < -0.4 is 4.90 Å². The van der Waals surface area contributed by atoms with Crippen molar-refractivity contribution in [1.29, 1.82) is 0 Å². The van der Waals surface area contributed by atoms with Crippen molar-refractivity contribution in [3.63, 3.8) is 0 Å². The molecule has 0 spiro atoms. The summed E-state index contributed by atoms with van der Waals surface area (Å²) in [5.74, 6) is -0.681. The van der Waals surface area contributed by atoms with Gasteiger partial charge in [0.1, 0.15) is 11.5 Å². The number of aromatic nitrogens is 2. The molecule has 0 aliphatic carbocycles. The Balaban J connectivity index is 1.70. The first kappa shape index (κ1) is 14.2. The number of nitrogens with zero attached hydrogens (tertiary/aromatic N) is 2. The molecule has 0 unspecified atom stereocenters. The summed E-state index contributed by atoms with van der Waals surface area (Å²) in [6, 6.07) is 7.80. The van der Waals surface area contributed by atoms with Crippen LogP contribution >= 0.6 is 0 Å². The molecule has 0 saturated carbocycles. The molecule has 118 valence electrons. The number of fused-ring (bicyclic) bond motifs is 1. The highest BCUT2D eigenvalue weighted by molar-refractivity contribution is 5.85. The molecule has 23 heavy (non-hydrogen) atoms. The summed E-state index contributed by atoms with van der Waals surface area (Å²) in [5, 5.41) is 0.836. The van der Waals surface area contributed by atoms with E-state index in [1.807, 2.05) is 0 Å². The second kappa shape index (κ2) is 5.65. The lowest BCUT2D eigenvalue weighted by atomic mass is 10.1. The molecule has 3 heterocycles. The first-order chi connectivity index (χ1) is 11.2. The monoisotopic (exact) mass is 313 g/mol.